The fourth-order valence-corrected chi connectivity index (χ4v) is 6.43. The van der Waals surface area contributed by atoms with Crippen molar-refractivity contribution in [2.45, 2.75) is 12.7 Å². The van der Waals surface area contributed by atoms with Gasteiger partial charge >= 0.3 is 0 Å². The lowest BCUT2D eigenvalue weighted by molar-refractivity contribution is 0.557. The average Bonchev–Trinajstić information content (AvgIpc) is 3.72. The summed E-state index contributed by atoms with van der Waals surface area (Å²) in [4.78, 5) is 15.1. The van der Waals surface area contributed by atoms with Gasteiger partial charge < -0.3 is 9.73 Å². The van der Waals surface area contributed by atoms with E-state index in [1.165, 1.54) is 22.1 Å². The van der Waals surface area contributed by atoms with E-state index in [1.807, 2.05) is 24.3 Å². The van der Waals surface area contributed by atoms with Crippen LogP contribution in [-0.2, 0) is 6.54 Å². The van der Waals surface area contributed by atoms with Crippen LogP contribution in [0.5, 0.6) is 0 Å². The molecule has 5 heteroatoms. The average molecular weight is 593 g/mol. The third-order valence-electron chi connectivity index (χ3n) is 8.81. The smallest absolute Gasteiger partial charge is 0.178 e. The van der Waals surface area contributed by atoms with E-state index in [-0.39, 0.29) is 6.17 Å². The number of benzene rings is 6. The van der Waals surface area contributed by atoms with Crippen molar-refractivity contribution in [3.05, 3.63) is 168 Å². The molecule has 3 heterocycles. The predicted molar refractivity (Wildman–Crippen MR) is 188 cm³/mol. The molecule has 1 N–H and O–H groups in total. The number of hydrogen-bond donors (Lipinski definition) is 1. The largest absolute Gasteiger partial charge is 0.458 e. The van der Waals surface area contributed by atoms with Gasteiger partial charge in [-0.1, -0.05) is 133 Å². The maximum Gasteiger partial charge on any atom is 0.178 e. The molecule has 0 amide bonds. The van der Waals surface area contributed by atoms with Crippen LogP contribution < -0.4 is 5.32 Å². The van der Waals surface area contributed by atoms with Crippen LogP contribution in [0.25, 0.3) is 44.0 Å². The molecule has 7 aromatic rings. The van der Waals surface area contributed by atoms with Gasteiger partial charge in [-0.3, -0.25) is 4.99 Å². The number of fused-ring (bicyclic) bond motifs is 4. The van der Waals surface area contributed by atoms with Gasteiger partial charge in [-0.2, -0.15) is 0 Å². The zero-order chi connectivity index (χ0) is 30.5. The highest BCUT2D eigenvalue weighted by Crippen LogP contribution is 2.33. The fraction of sp³-hybridized carbons (Fsp3) is 0.0488. The zero-order valence-corrected chi connectivity index (χ0v) is 24.9. The Balaban J connectivity index is 1.08. The highest BCUT2D eigenvalue weighted by atomic mass is 16.3. The Labute approximate surface area is 266 Å². The summed E-state index contributed by atoms with van der Waals surface area (Å²) in [6, 6.07) is 50.7. The number of furan rings is 1. The van der Waals surface area contributed by atoms with Crippen molar-refractivity contribution in [2.75, 3.05) is 0 Å². The first-order valence-corrected chi connectivity index (χ1v) is 15.5. The van der Waals surface area contributed by atoms with Gasteiger partial charge in [0.1, 0.15) is 29.1 Å². The molecular formula is C41H28N4O. The molecule has 46 heavy (non-hydrogen) atoms. The van der Waals surface area contributed by atoms with Gasteiger partial charge in [-0.25, -0.2) is 9.98 Å². The number of para-hydroxylation sites is 1. The first-order chi connectivity index (χ1) is 22.8. The molecule has 2 aliphatic heterocycles. The molecule has 0 spiro atoms. The second kappa shape index (κ2) is 10.8. The van der Waals surface area contributed by atoms with Gasteiger partial charge in [0.15, 0.2) is 5.84 Å². The number of nitrogens with zero attached hydrogens (tertiary/aromatic N) is 3. The van der Waals surface area contributed by atoms with Crippen LogP contribution >= 0.6 is 0 Å². The molecule has 1 unspecified atom stereocenters. The SMILES string of the molecule is c1ccc(-c2ccc(-c3ccc(C4N=C(C5=NCc6oc7ccccc7c65)N=C(c5ccc6ccccc6c5)N4)cc3)cc2)cc1. The molecule has 2 aliphatic rings. The molecule has 0 bridgehead atoms. The van der Waals surface area contributed by atoms with Gasteiger partial charge in [0, 0.05) is 10.9 Å². The van der Waals surface area contributed by atoms with Crippen molar-refractivity contribution in [1.82, 2.24) is 5.32 Å². The van der Waals surface area contributed by atoms with Crippen LogP contribution in [0.4, 0.5) is 0 Å². The van der Waals surface area contributed by atoms with Crippen molar-refractivity contribution in [1.29, 1.82) is 0 Å². The maximum absolute atomic E-state index is 6.16. The highest BCUT2D eigenvalue weighted by molar-refractivity contribution is 6.52. The van der Waals surface area contributed by atoms with Crippen LogP contribution in [0.15, 0.2) is 165 Å². The Kier molecular flexibility index (Phi) is 6.20. The van der Waals surface area contributed by atoms with Crippen LogP contribution in [0.3, 0.4) is 0 Å². The lowest BCUT2D eigenvalue weighted by Crippen LogP contribution is -2.35. The number of nitrogens with one attached hydrogen (secondary N) is 1. The molecule has 0 fully saturated rings. The number of aliphatic imine (C=N–C) groups is 3. The number of hydrogen-bond acceptors (Lipinski definition) is 5. The Bertz CT molecular complexity index is 2350. The van der Waals surface area contributed by atoms with Gasteiger partial charge in [0.2, 0.25) is 0 Å². The monoisotopic (exact) mass is 592 g/mol. The standard InChI is InChI=1S/C41H28N4O/c1-2-8-26(9-3-1)28-14-16-29(17-15-28)30-18-21-31(22-19-30)39-43-40(33-23-20-27-10-4-5-11-32(27)24-33)45-41(44-39)38-37-34-12-6-7-13-35(34)46-36(37)25-42-38/h1-24,39H,25H2,(H,43,44,45). The van der Waals surface area contributed by atoms with E-state index in [2.05, 4.69) is 127 Å². The molecule has 5 nitrogen and oxygen atoms in total. The minimum absolute atomic E-state index is 0.339. The van der Waals surface area contributed by atoms with Crippen LogP contribution in [-0.4, -0.2) is 17.4 Å². The lowest BCUT2D eigenvalue weighted by atomic mass is 9.99. The normalized spacial score (nSPS) is 15.7. The molecule has 0 saturated carbocycles. The minimum atomic E-state index is -0.339. The summed E-state index contributed by atoms with van der Waals surface area (Å²) in [5, 5.41) is 7.02. The minimum Gasteiger partial charge on any atom is -0.458 e. The maximum atomic E-state index is 6.16. The quantitative estimate of drug-likeness (QED) is 0.216. The van der Waals surface area contributed by atoms with Crippen LogP contribution in [0.1, 0.15) is 28.6 Å². The van der Waals surface area contributed by atoms with Crippen molar-refractivity contribution < 1.29 is 4.42 Å². The lowest BCUT2D eigenvalue weighted by Gasteiger charge is -2.24. The Morgan fingerprint density at radius 2 is 1.22 bits per heavy atom. The fourth-order valence-electron chi connectivity index (χ4n) is 6.43. The van der Waals surface area contributed by atoms with Gasteiger partial charge in [-0.15, -0.1) is 0 Å². The molecule has 0 radical (unpaired) electrons. The molecule has 0 aliphatic carbocycles. The van der Waals surface area contributed by atoms with Crippen LogP contribution in [0.2, 0.25) is 0 Å². The summed E-state index contributed by atoms with van der Waals surface area (Å²) < 4.78 is 6.16. The summed E-state index contributed by atoms with van der Waals surface area (Å²) >= 11 is 0. The predicted octanol–water partition coefficient (Wildman–Crippen LogP) is 9.37. The summed E-state index contributed by atoms with van der Waals surface area (Å²) in [7, 11) is 0. The molecule has 6 aromatic carbocycles. The number of amidine groups is 2. The topological polar surface area (TPSA) is 62.2 Å². The van der Waals surface area contributed by atoms with E-state index >= 15 is 0 Å². The molecule has 1 aromatic heterocycles. The van der Waals surface area contributed by atoms with E-state index in [9.17, 15) is 0 Å². The molecule has 0 saturated heterocycles. The second-order valence-electron chi connectivity index (χ2n) is 11.6. The van der Waals surface area contributed by atoms with E-state index in [4.69, 9.17) is 19.4 Å². The van der Waals surface area contributed by atoms with E-state index < -0.39 is 0 Å². The van der Waals surface area contributed by atoms with E-state index in [0.717, 1.165) is 55.9 Å². The summed E-state index contributed by atoms with van der Waals surface area (Å²) in [5.41, 5.74) is 9.42. The van der Waals surface area contributed by atoms with Crippen molar-refractivity contribution >= 4 is 39.1 Å². The Morgan fingerprint density at radius 3 is 2.00 bits per heavy atom. The van der Waals surface area contributed by atoms with Crippen molar-refractivity contribution in [3.63, 3.8) is 0 Å². The summed E-state index contributed by atoms with van der Waals surface area (Å²) in [5.74, 6) is 2.24. The Morgan fingerprint density at radius 1 is 0.587 bits per heavy atom. The number of rotatable bonds is 5. The third-order valence-corrected chi connectivity index (χ3v) is 8.81. The highest BCUT2D eigenvalue weighted by Gasteiger charge is 2.30. The van der Waals surface area contributed by atoms with Crippen molar-refractivity contribution in [2.24, 2.45) is 15.0 Å². The molecule has 218 valence electrons. The first kappa shape index (κ1) is 26.3. The van der Waals surface area contributed by atoms with Gasteiger partial charge in [0.05, 0.1) is 12.1 Å². The first-order valence-electron chi connectivity index (χ1n) is 15.5. The molecule has 1 atom stereocenters. The molecular weight excluding hydrogens is 564 g/mol. The summed E-state index contributed by atoms with van der Waals surface area (Å²) in [6.45, 7) is 0.481. The third kappa shape index (κ3) is 4.61. The molecule has 9 rings (SSSR count). The van der Waals surface area contributed by atoms with Crippen LogP contribution in [0, 0.1) is 0 Å². The second-order valence-corrected chi connectivity index (χ2v) is 11.6. The van der Waals surface area contributed by atoms with E-state index in [1.54, 1.807) is 0 Å². The van der Waals surface area contributed by atoms with Gasteiger partial charge in [-0.05, 0) is 50.7 Å². The zero-order valence-electron chi connectivity index (χ0n) is 24.9. The summed E-state index contributed by atoms with van der Waals surface area (Å²) in [6.07, 6.45) is -0.339. The van der Waals surface area contributed by atoms with Crippen molar-refractivity contribution in [3.8, 4) is 22.3 Å². The van der Waals surface area contributed by atoms with Gasteiger partial charge in [0.25, 0.3) is 0 Å². The Hall–Kier alpha value is -6.07. The van der Waals surface area contributed by atoms with E-state index in [0.29, 0.717) is 12.4 Å².